The minimum absolute atomic E-state index is 0.00655. The molecule has 1 fully saturated rings. The molecular weight excluding hydrogens is 461 g/mol. The molecule has 3 rings (SSSR count). The Bertz CT molecular complexity index is 1010. The van der Waals surface area contributed by atoms with Crippen LogP contribution >= 0.6 is 0 Å². The van der Waals surface area contributed by atoms with Crippen molar-refractivity contribution >= 4 is 24.2 Å². The van der Waals surface area contributed by atoms with Crippen LogP contribution in [0.1, 0.15) is 76.6 Å². The lowest BCUT2D eigenvalue weighted by Gasteiger charge is -2.32. The van der Waals surface area contributed by atoms with Crippen LogP contribution in [0.2, 0.25) is 0 Å². The van der Waals surface area contributed by atoms with Gasteiger partial charge in [0, 0.05) is 6.07 Å². The number of hydrogen-bond donors (Lipinski definition) is 0. The summed E-state index contributed by atoms with van der Waals surface area (Å²) in [5, 5.41) is 11.0. The summed E-state index contributed by atoms with van der Waals surface area (Å²) in [5.74, 6) is -0.0188. The molecule has 0 N–H and O–H groups in total. The van der Waals surface area contributed by atoms with Crippen molar-refractivity contribution < 1.29 is 28.5 Å². The first-order valence-electron chi connectivity index (χ1n) is 12.6. The molecule has 0 aromatic heterocycles. The summed E-state index contributed by atoms with van der Waals surface area (Å²) < 4.78 is 23.1. The SMILES string of the molecule is CC1(C)OB(c2ccc(C(=O)OCCCCCCCCOc3ccccc3[N+](=O)[O-])cc2)OC1(C)C. The van der Waals surface area contributed by atoms with Gasteiger partial charge in [0.05, 0.1) is 34.9 Å². The highest BCUT2D eigenvalue weighted by Crippen LogP contribution is 2.36. The van der Waals surface area contributed by atoms with Crippen LogP contribution in [0, 0.1) is 10.1 Å². The number of nitro benzene ring substituents is 1. The number of nitro groups is 1. The van der Waals surface area contributed by atoms with Gasteiger partial charge in [0.15, 0.2) is 5.75 Å². The molecule has 0 aliphatic carbocycles. The molecule has 2 aromatic rings. The second-order valence-electron chi connectivity index (χ2n) is 10.0. The molecular formula is C27H36BNO7. The van der Waals surface area contributed by atoms with E-state index in [1.165, 1.54) is 6.07 Å². The highest BCUT2D eigenvalue weighted by molar-refractivity contribution is 6.62. The van der Waals surface area contributed by atoms with Crippen LogP contribution in [-0.4, -0.2) is 42.4 Å². The Morgan fingerprint density at radius 1 is 0.861 bits per heavy atom. The molecule has 9 heteroatoms. The van der Waals surface area contributed by atoms with Crippen molar-refractivity contribution in [3.05, 3.63) is 64.2 Å². The largest absolute Gasteiger partial charge is 0.494 e. The van der Waals surface area contributed by atoms with Crippen LogP contribution in [0.3, 0.4) is 0 Å². The maximum atomic E-state index is 12.3. The van der Waals surface area contributed by atoms with E-state index in [0.29, 0.717) is 24.5 Å². The normalized spacial score (nSPS) is 16.1. The molecule has 0 spiro atoms. The lowest BCUT2D eigenvalue weighted by Crippen LogP contribution is -2.41. The summed E-state index contributed by atoms with van der Waals surface area (Å²) in [7, 11) is -0.455. The summed E-state index contributed by atoms with van der Waals surface area (Å²) in [5.41, 5.74) is 0.558. The van der Waals surface area contributed by atoms with Crippen molar-refractivity contribution in [1.29, 1.82) is 0 Å². The van der Waals surface area contributed by atoms with E-state index >= 15 is 0 Å². The monoisotopic (exact) mass is 497 g/mol. The predicted molar refractivity (Wildman–Crippen MR) is 139 cm³/mol. The fourth-order valence-electron chi connectivity index (χ4n) is 3.83. The molecule has 36 heavy (non-hydrogen) atoms. The van der Waals surface area contributed by atoms with Gasteiger partial charge in [-0.3, -0.25) is 10.1 Å². The Hall–Kier alpha value is -2.91. The van der Waals surface area contributed by atoms with Gasteiger partial charge in [-0.2, -0.15) is 0 Å². The number of nitrogens with zero attached hydrogens (tertiary/aromatic N) is 1. The first-order chi connectivity index (χ1) is 17.1. The summed E-state index contributed by atoms with van der Waals surface area (Å²) >= 11 is 0. The van der Waals surface area contributed by atoms with E-state index in [0.717, 1.165) is 44.0 Å². The summed E-state index contributed by atoms with van der Waals surface area (Å²) in [6.45, 7) is 8.88. The fraction of sp³-hybridized carbons (Fsp3) is 0.519. The third-order valence-electron chi connectivity index (χ3n) is 6.76. The fourth-order valence-corrected chi connectivity index (χ4v) is 3.83. The first kappa shape index (κ1) is 27.7. The van der Waals surface area contributed by atoms with E-state index in [4.69, 9.17) is 18.8 Å². The Kier molecular flexibility index (Phi) is 9.51. The average Bonchev–Trinajstić information content (AvgIpc) is 3.07. The van der Waals surface area contributed by atoms with Gasteiger partial charge in [0.2, 0.25) is 0 Å². The van der Waals surface area contributed by atoms with E-state index in [1.807, 2.05) is 39.8 Å². The summed E-state index contributed by atoms with van der Waals surface area (Å²) in [6, 6.07) is 13.6. The smallest absolute Gasteiger partial charge is 0.487 e. The molecule has 0 bridgehead atoms. The van der Waals surface area contributed by atoms with E-state index < -0.39 is 23.2 Å². The van der Waals surface area contributed by atoms with Crippen molar-refractivity contribution in [3.63, 3.8) is 0 Å². The second-order valence-corrected chi connectivity index (χ2v) is 10.0. The van der Waals surface area contributed by atoms with E-state index in [1.54, 1.807) is 30.3 Å². The van der Waals surface area contributed by atoms with Crippen molar-refractivity contribution in [2.24, 2.45) is 0 Å². The van der Waals surface area contributed by atoms with Gasteiger partial charge in [-0.05, 0) is 64.2 Å². The average molecular weight is 497 g/mol. The standard InChI is InChI=1S/C27H36BNO7/c1-26(2)27(3,4)36-28(35-26)22-17-15-21(16-18-22)25(30)34-20-12-8-6-5-7-11-19-33-24-14-10-9-13-23(24)29(31)32/h9-10,13-18H,5-8,11-12,19-20H2,1-4H3. The van der Waals surface area contributed by atoms with Crippen LogP contribution in [0.25, 0.3) is 0 Å². The number of unbranched alkanes of at least 4 members (excludes halogenated alkanes) is 5. The predicted octanol–water partition coefficient (Wildman–Crippen LogP) is 5.47. The van der Waals surface area contributed by atoms with Gasteiger partial charge in [-0.1, -0.05) is 49.9 Å². The Balaban J connectivity index is 1.26. The minimum atomic E-state index is -0.455. The van der Waals surface area contributed by atoms with Crippen molar-refractivity contribution in [3.8, 4) is 5.75 Å². The van der Waals surface area contributed by atoms with Gasteiger partial charge in [0.25, 0.3) is 0 Å². The van der Waals surface area contributed by atoms with Gasteiger partial charge in [-0.15, -0.1) is 0 Å². The molecule has 1 heterocycles. The zero-order valence-corrected chi connectivity index (χ0v) is 21.7. The number of benzene rings is 2. The number of carbonyl (C=O) groups excluding carboxylic acids is 1. The van der Waals surface area contributed by atoms with Crippen LogP contribution in [0.5, 0.6) is 5.75 Å². The molecule has 194 valence electrons. The maximum Gasteiger partial charge on any atom is 0.494 e. The van der Waals surface area contributed by atoms with Crippen molar-refractivity contribution in [1.82, 2.24) is 0 Å². The van der Waals surface area contributed by atoms with Gasteiger partial charge in [0.1, 0.15) is 0 Å². The van der Waals surface area contributed by atoms with E-state index in [-0.39, 0.29) is 11.7 Å². The van der Waals surface area contributed by atoms with Gasteiger partial charge in [-0.25, -0.2) is 4.79 Å². The van der Waals surface area contributed by atoms with Crippen LogP contribution in [-0.2, 0) is 14.0 Å². The topological polar surface area (TPSA) is 97.1 Å². The van der Waals surface area contributed by atoms with Crippen LogP contribution in [0.4, 0.5) is 5.69 Å². The lowest BCUT2D eigenvalue weighted by atomic mass is 9.79. The number of rotatable bonds is 13. The third kappa shape index (κ3) is 7.30. The summed E-state index contributed by atoms with van der Waals surface area (Å²) in [6.07, 6.45) is 5.67. The third-order valence-corrected chi connectivity index (χ3v) is 6.76. The van der Waals surface area contributed by atoms with Crippen LogP contribution in [0.15, 0.2) is 48.5 Å². The molecule has 0 atom stereocenters. The Morgan fingerprint density at radius 3 is 2.03 bits per heavy atom. The molecule has 8 nitrogen and oxygen atoms in total. The van der Waals surface area contributed by atoms with E-state index in [9.17, 15) is 14.9 Å². The second kappa shape index (κ2) is 12.4. The molecule has 0 unspecified atom stereocenters. The minimum Gasteiger partial charge on any atom is -0.487 e. The number of hydrogen-bond acceptors (Lipinski definition) is 7. The summed E-state index contributed by atoms with van der Waals surface area (Å²) in [4.78, 5) is 22.9. The molecule has 2 aromatic carbocycles. The molecule has 0 amide bonds. The zero-order valence-electron chi connectivity index (χ0n) is 21.7. The molecule has 1 aliphatic heterocycles. The highest BCUT2D eigenvalue weighted by atomic mass is 16.7. The molecule has 1 aliphatic rings. The molecule has 0 saturated carbocycles. The number of ether oxygens (including phenoxy) is 2. The van der Waals surface area contributed by atoms with Crippen LogP contribution < -0.4 is 10.2 Å². The lowest BCUT2D eigenvalue weighted by molar-refractivity contribution is -0.385. The van der Waals surface area contributed by atoms with Crippen molar-refractivity contribution in [2.75, 3.05) is 13.2 Å². The molecule has 1 saturated heterocycles. The van der Waals surface area contributed by atoms with Crippen molar-refractivity contribution in [2.45, 2.75) is 77.4 Å². The number of carbonyl (C=O) groups is 1. The highest BCUT2D eigenvalue weighted by Gasteiger charge is 2.51. The first-order valence-corrected chi connectivity index (χ1v) is 12.6. The van der Waals surface area contributed by atoms with Gasteiger partial charge >= 0.3 is 18.8 Å². The maximum absolute atomic E-state index is 12.3. The van der Waals surface area contributed by atoms with E-state index in [2.05, 4.69) is 0 Å². The Labute approximate surface area is 213 Å². The Morgan fingerprint density at radius 2 is 1.42 bits per heavy atom. The number of esters is 1. The number of para-hydroxylation sites is 2. The zero-order chi connectivity index (χ0) is 26.2. The van der Waals surface area contributed by atoms with Gasteiger partial charge < -0.3 is 18.8 Å². The quantitative estimate of drug-likeness (QED) is 0.119. The molecule has 0 radical (unpaired) electrons.